The zero-order valence-electron chi connectivity index (χ0n) is 10.7. The molecule has 86 valence electrons. The van der Waals surface area contributed by atoms with Gasteiger partial charge in [0, 0.05) is 26.6 Å². The van der Waals surface area contributed by atoms with E-state index >= 15 is 0 Å². The topological polar surface area (TPSA) is 21.7 Å². The van der Waals surface area contributed by atoms with Crippen molar-refractivity contribution >= 4 is 16.6 Å². The Labute approximate surface area is 90.7 Å². The molecule has 0 fully saturated rings. The van der Waals surface area contributed by atoms with E-state index in [9.17, 15) is 0 Å². The fourth-order valence-electron chi connectivity index (χ4n) is 1.49. The summed E-state index contributed by atoms with van der Waals surface area (Å²) in [5.41, 5.74) is 0. The summed E-state index contributed by atoms with van der Waals surface area (Å²) in [6.45, 7) is 8.96. The van der Waals surface area contributed by atoms with Gasteiger partial charge >= 0.3 is 0 Å². The third-order valence-corrected chi connectivity index (χ3v) is 7.22. The molecule has 0 bridgehead atoms. The molecular weight excluding hydrogens is 210 g/mol. The Bertz CT molecular complexity index is 156. The Hall–Kier alpha value is 0.314. The molecule has 0 spiro atoms. The van der Waals surface area contributed by atoms with E-state index in [0.29, 0.717) is 0 Å². The van der Waals surface area contributed by atoms with Gasteiger partial charge in [0.05, 0.1) is 0 Å². The summed E-state index contributed by atoms with van der Waals surface area (Å²) in [7, 11) is 2.87. The van der Waals surface area contributed by atoms with Crippen molar-refractivity contribution in [3.8, 4) is 0 Å². The van der Waals surface area contributed by atoms with Crippen LogP contribution in [0, 0.1) is 0 Å². The van der Waals surface area contributed by atoms with E-state index in [0.717, 1.165) is 12.3 Å². The average Bonchev–Trinajstić information content (AvgIpc) is 2.02. The van der Waals surface area contributed by atoms with Gasteiger partial charge in [-0.3, -0.25) is 0 Å². The van der Waals surface area contributed by atoms with Crippen LogP contribution >= 0.6 is 0 Å². The molecule has 0 aliphatic heterocycles. The molecule has 3 nitrogen and oxygen atoms in total. The van der Waals surface area contributed by atoms with E-state index in [4.69, 9.17) is 8.85 Å². The number of rotatable bonds is 6. The molecule has 14 heavy (non-hydrogen) atoms. The van der Waals surface area contributed by atoms with Crippen LogP contribution in [0.15, 0.2) is 0 Å². The molecule has 0 atom stereocenters. The van der Waals surface area contributed by atoms with E-state index < -0.39 is 16.6 Å². The summed E-state index contributed by atoms with van der Waals surface area (Å²) < 4.78 is 11.1. The second kappa shape index (κ2) is 5.41. The van der Waals surface area contributed by atoms with Gasteiger partial charge in [-0.15, -0.1) is 0 Å². The quantitative estimate of drug-likeness (QED) is 0.654. The highest BCUT2D eigenvalue weighted by atomic mass is 28.4. The van der Waals surface area contributed by atoms with Crippen molar-refractivity contribution in [1.29, 1.82) is 0 Å². The van der Waals surface area contributed by atoms with Crippen LogP contribution in [0.4, 0.5) is 0 Å². The van der Waals surface area contributed by atoms with Crippen LogP contribution in [-0.2, 0) is 8.85 Å². The molecule has 0 aromatic rings. The smallest absolute Gasteiger partial charge is 0.199 e. The molecule has 0 radical (unpaired) electrons. The van der Waals surface area contributed by atoms with Crippen molar-refractivity contribution < 1.29 is 8.85 Å². The highest BCUT2D eigenvalue weighted by Crippen LogP contribution is 2.08. The molecule has 0 rings (SSSR count). The molecular formula is C9H25NO2Si2. The Morgan fingerprint density at radius 2 is 1.14 bits per heavy atom. The summed E-state index contributed by atoms with van der Waals surface area (Å²) in [6.07, 6.45) is 2.15. The molecule has 5 heteroatoms. The van der Waals surface area contributed by atoms with Gasteiger partial charge in [-0.25, -0.2) is 0 Å². The molecule has 0 unspecified atom stereocenters. The zero-order chi connectivity index (χ0) is 11.4. The van der Waals surface area contributed by atoms with E-state index in [-0.39, 0.29) is 0 Å². The van der Waals surface area contributed by atoms with Crippen LogP contribution < -0.4 is 0 Å². The highest BCUT2D eigenvalue weighted by molar-refractivity contribution is 6.72. The zero-order valence-corrected chi connectivity index (χ0v) is 12.7. The SMILES string of the molecule is CO[Si](C)(C)CN(C)C[Si](C)(C)OC. The minimum Gasteiger partial charge on any atom is -0.419 e. The number of hydrogen-bond donors (Lipinski definition) is 0. The van der Waals surface area contributed by atoms with E-state index in [1.165, 1.54) is 0 Å². The van der Waals surface area contributed by atoms with E-state index in [2.05, 4.69) is 38.1 Å². The second-order valence-electron chi connectivity index (χ2n) is 5.10. The fourth-order valence-corrected chi connectivity index (χ4v) is 4.79. The van der Waals surface area contributed by atoms with Gasteiger partial charge in [0.1, 0.15) is 0 Å². The van der Waals surface area contributed by atoms with Gasteiger partial charge in [0.2, 0.25) is 0 Å². The van der Waals surface area contributed by atoms with Gasteiger partial charge in [0.25, 0.3) is 0 Å². The van der Waals surface area contributed by atoms with Crippen molar-refractivity contribution in [3.05, 3.63) is 0 Å². The first-order valence-corrected chi connectivity index (χ1v) is 11.2. The Morgan fingerprint density at radius 1 is 0.857 bits per heavy atom. The highest BCUT2D eigenvalue weighted by Gasteiger charge is 2.28. The monoisotopic (exact) mass is 235 g/mol. The lowest BCUT2D eigenvalue weighted by atomic mass is 11.0. The lowest BCUT2D eigenvalue weighted by Gasteiger charge is -2.31. The number of hydrogen-bond acceptors (Lipinski definition) is 3. The first kappa shape index (κ1) is 14.3. The molecule has 0 aliphatic rings. The lowest BCUT2D eigenvalue weighted by Crippen LogP contribution is -2.49. The Balaban J connectivity index is 4.04. The standard InChI is InChI=1S/C9H25NO2Si2/c1-10(8-13(4,5)11-2)9-14(6,7)12-3/h8-9H2,1-7H3. The molecule has 0 aliphatic carbocycles. The summed E-state index contributed by atoms with van der Waals surface area (Å²) in [5.74, 6) is 0. The predicted octanol–water partition coefficient (Wildman–Crippen LogP) is 1.70. The molecule has 0 N–H and O–H groups in total. The molecule has 0 aromatic heterocycles. The Morgan fingerprint density at radius 3 is 1.36 bits per heavy atom. The molecule has 0 heterocycles. The maximum absolute atomic E-state index is 5.53. The maximum Gasteiger partial charge on any atom is 0.199 e. The third-order valence-electron chi connectivity index (χ3n) is 2.41. The lowest BCUT2D eigenvalue weighted by molar-refractivity contribution is 0.330. The summed E-state index contributed by atoms with van der Waals surface area (Å²) in [5, 5.41) is 0. The molecule has 0 aromatic carbocycles. The summed E-state index contributed by atoms with van der Waals surface area (Å²) in [6, 6.07) is 0. The van der Waals surface area contributed by atoms with Crippen LogP contribution in [-0.4, -0.2) is 55.1 Å². The maximum atomic E-state index is 5.53. The Kier molecular flexibility index (Phi) is 5.53. The van der Waals surface area contributed by atoms with E-state index in [1.807, 2.05) is 14.2 Å². The first-order chi connectivity index (χ1) is 6.22. The van der Waals surface area contributed by atoms with Gasteiger partial charge in [0.15, 0.2) is 16.6 Å². The van der Waals surface area contributed by atoms with Gasteiger partial charge in [-0.1, -0.05) is 0 Å². The minimum absolute atomic E-state index is 1.07. The van der Waals surface area contributed by atoms with Crippen LogP contribution in [0.3, 0.4) is 0 Å². The van der Waals surface area contributed by atoms with Crippen molar-refractivity contribution in [2.45, 2.75) is 26.2 Å². The fraction of sp³-hybridized carbons (Fsp3) is 1.00. The molecule has 0 saturated carbocycles. The van der Waals surface area contributed by atoms with Crippen molar-refractivity contribution in [2.75, 3.05) is 33.6 Å². The van der Waals surface area contributed by atoms with Crippen LogP contribution in [0.5, 0.6) is 0 Å². The normalized spacial score (nSPS) is 13.7. The van der Waals surface area contributed by atoms with Gasteiger partial charge < -0.3 is 13.8 Å². The number of nitrogens with zero attached hydrogens (tertiary/aromatic N) is 1. The van der Waals surface area contributed by atoms with Gasteiger partial charge in [-0.05, 0) is 33.2 Å². The van der Waals surface area contributed by atoms with Crippen molar-refractivity contribution in [3.63, 3.8) is 0 Å². The van der Waals surface area contributed by atoms with Crippen molar-refractivity contribution in [1.82, 2.24) is 4.90 Å². The van der Waals surface area contributed by atoms with E-state index in [1.54, 1.807) is 0 Å². The van der Waals surface area contributed by atoms with Crippen LogP contribution in [0.25, 0.3) is 0 Å². The van der Waals surface area contributed by atoms with Crippen LogP contribution in [0.1, 0.15) is 0 Å². The minimum atomic E-state index is -1.46. The second-order valence-corrected chi connectivity index (χ2v) is 13.6. The summed E-state index contributed by atoms with van der Waals surface area (Å²) in [4.78, 5) is 2.35. The molecule has 0 amide bonds. The summed E-state index contributed by atoms with van der Waals surface area (Å²) >= 11 is 0. The largest absolute Gasteiger partial charge is 0.419 e. The first-order valence-electron chi connectivity index (χ1n) is 5.01. The average molecular weight is 235 g/mol. The van der Waals surface area contributed by atoms with Gasteiger partial charge in [-0.2, -0.15) is 0 Å². The predicted molar refractivity (Wildman–Crippen MR) is 66.5 cm³/mol. The van der Waals surface area contributed by atoms with Crippen LogP contribution in [0.2, 0.25) is 26.2 Å². The third kappa shape index (κ3) is 5.92. The van der Waals surface area contributed by atoms with Crippen molar-refractivity contribution in [2.24, 2.45) is 0 Å². The molecule has 0 saturated heterocycles.